The Kier molecular flexibility index (Phi) is 5.52. The molecule has 1 atom stereocenters. The first-order valence-corrected chi connectivity index (χ1v) is 7.32. The summed E-state index contributed by atoms with van der Waals surface area (Å²) in [5.41, 5.74) is 0.481. The topological polar surface area (TPSA) is 47.6 Å². The molecule has 0 heterocycles. The molecule has 0 aliphatic carbocycles. The molecule has 0 spiro atoms. The van der Waals surface area contributed by atoms with Gasteiger partial charge < -0.3 is 14.8 Å². The van der Waals surface area contributed by atoms with Gasteiger partial charge in [-0.3, -0.25) is 4.79 Å². The zero-order chi connectivity index (χ0) is 16.1. The second kappa shape index (κ2) is 7.38. The number of benzene rings is 2. The van der Waals surface area contributed by atoms with Crippen LogP contribution in [-0.2, 0) is 4.79 Å². The van der Waals surface area contributed by atoms with Crippen LogP contribution >= 0.6 is 23.2 Å². The second-order valence-corrected chi connectivity index (χ2v) is 5.37. The highest BCUT2D eigenvalue weighted by Crippen LogP contribution is 2.28. The maximum Gasteiger partial charge on any atom is 0.265 e. The van der Waals surface area contributed by atoms with Gasteiger partial charge in [0.1, 0.15) is 11.5 Å². The molecule has 0 bridgehead atoms. The molecule has 0 radical (unpaired) electrons. The second-order valence-electron chi connectivity index (χ2n) is 4.52. The molecule has 0 saturated carbocycles. The van der Waals surface area contributed by atoms with E-state index in [1.807, 2.05) is 0 Å². The van der Waals surface area contributed by atoms with Crippen molar-refractivity contribution in [3.05, 3.63) is 52.5 Å². The minimum absolute atomic E-state index is 0.333. The molecule has 6 heteroatoms. The predicted octanol–water partition coefficient (Wildman–Crippen LogP) is 4.41. The summed E-state index contributed by atoms with van der Waals surface area (Å²) in [5, 5.41) is 3.67. The molecule has 0 aromatic heterocycles. The number of anilines is 1. The molecule has 1 N–H and O–H groups in total. The van der Waals surface area contributed by atoms with Crippen LogP contribution in [0.5, 0.6) is 11.5 Å². The lowest BCUT2D eigenvalue weighted by molar-refractivity contribution is -0.122. The molecule has 116 valence electrons. The van der Waals surface area contributed by atoms with Gasteiger partial charge in [-0.1, -0.05) is 35.3 Å². The van der Waals surface area contributed by atoms with E-state index in [1.54, 1.807) is 49.4 Å². The van der Waals surface area contributed by atoms with Crippen LogP contribution in [0.3, 0.4) is 0 Å². The standard InChI is InChI=1S/C16H15Cl2NO3/c1-10(22-14-6-4-3-5-12(14)18)16(20)19-13-9-11(17)7-8-15(13)21-2/h3-10H,1-2H3,(H,19,20)/t10-/m0/s1. The number of methoxy groups -OCH3 is 1. The van der Waals surface area contributed by atoms with Gasteiger partial charge in [-0.25, -0.2) is 0 Å². The van der Waals surface area contributed by atoms with Crippen molar-refractivity contribution in [1.29, 1.82) is 0 Å². The van der Waals surface area contributed by atoms with E-state index in [0.717, 1.165) is 0 Å². The van der Waals surface area contributed by atoms with Gasteiger partial charge in [-0.2, -0.15) is 0 Å². The van der Waals surface area contributed by atoms with Gasteiger partial charge in [0.15, 0.2) is 6.10 Å². The highest BCUT2D eigenvalue weighted by atomic mass is 35.5. The number of hydrogen-bond acceptors (Lipinski definition) is 3. The zero-order valence-corrected chi connectivity index (χ0v) is 13.6. The molecular formula is C16H15Cl2NO3. The first kappa shape index (κ1) is 16.5. The lowest BCUT2D eigenvalue weighted by Crippen LogP contribution is -2.30. The van der Waals surface area contributed by atoms with E-state index >= 15 is 0 Å². The summed E-state index contributed by atoms with van der Waals surface area (Å²) < 4.78 is 10.7. The van der Waals surface area contributed by atoms with Crippen LogP contribution in [0.4, 0.5) is 5.69 Å². The number of hydrogen-bond donors (Lipinski definition) is 1. The van der Waals surface area contributed by atoms with Crippen molar-refractivity contribution in [2.45, 2.75) is 13.0 Å². The molecule has 2 aromatic rings. The Balaban J connectivity index is 2.09. The van der Waals surface area contributed by atoms with Crippen LogP contribution in [0, 0.1) is 0 Å². The summed E-state index contributed by atoms with van der Waals surface area (Å²) in [6.45, 7) is 1.63. The fourth-order valence-electron chi connectivity index (χ4n) is 1.80. The van der Waals surface area contributed by atoms with Crippen molar-refractivity contribution in [3.8, 4) is 11.5 Å². The molecule has 1 amide bonds. The first-order valence-electron chi connectivity index (χ1n) is 6.57. The summed E-state index contributed by atoms with van der Waals surface area (Å²) in [5.74, 6) is 0.632. The van der Waals surface area contributed by atoms with Gasteiger partial charge in [0.25, 0.3) is 5.91 Å². The molecule has 0 aliphatic heterocycles. The number of carbonyl (C=O) groups excluding carboxylic acids is 1. The predicted molar refractivity (Wildman–Crippen MR) is 88.2 cm³/mol. The highest BCUT2D eigenvalue weighted by Gasteiger charge is 2.18. The number of amides is 1. The van der Waals surface area contributed by atoms with Crippen molar-refractivity contribution in [2.24, 2.45) is 0 Å². The minimum Gasteiger partial charge on any atom is -0.495 e. The minimum atomic E-state index is -0.733. The largest absolute Gasteiger partial charge is 0.495 e. The quantitative estimate of drug-likeness (QED) is 0.877. The molecule has 2 aromatic carbocycles. The molecule has 0 aliphatic rings. The molecule has 0 fully saturated rings. The fourth-order valence-corrected chi connectivity index (χ4v) is 2.15. The number of halogens is 2. The highest BCUT2D eigenvalue weighted by molar-refractivity contribution is 6.32. The fraction of sp³-hybridized carbons (Fsp3) is 0.188. The molecule has 0 saturated heterocycles. The van der Waals surface area contributed by atoms with Crippen LogP contribution in [0.2, 0.25) is 10.0 Å². The Labute approximate surface area is 138 Å². The molecule has 22 heavy (non-hydrogen) atoms. The van der Waals surface area contributed by atoms with Crippen LogP contribution in [0.15, 0.2) is 42.5 Å². The van der Waals surface area contributed by atoms with Gasteiger partial charge in [0.05, 0.1) is 17.8 Å². The number of nitrogens with one attached hydrogen (secondary N) is 1. The number of para-hydroxylation sites is 1. The van der Waals surface area contributed by atoms with Gasteiger partial charge in [0.2, 0.25) is 0 Å². The van der Waals surface area contributed by atoms with Gasteiger partial charge in [0, 0.05) is 5.02 Å². The lowest BCUT2D eigenvalue weighted by atomic mass is 10.2. The molecule has 4 nitrogen and oxygen atoms in total. The lowest BCUT2D eigenvalue weighted by Gasteiger charge is -2.17. The Morgan fingerprint density at radius 3 is 2.55 bits per heavy atom. The van der Waals surface area contributed by atoms with Crippen LogP contribution in [-0.4, -0.2) is 19.1 Å². The van der Waals surface area contributed by atoms with Crippen molar-refractivity contribution in [1.82, 2.24) is 0 Å². The summed E-state index contributed by atoms with van der Waals surface area (Å²) in [6.07, 6.45) is -0.733. The van der Waals surface area contributed by atoms with Crippen LogP contribution < -0.4 is 14.8 Å². The van der Waals surface area contributed by atoms with Gasteiger partial charge in [-0.15, -0.1) is 0 Å². The van der Waals surface area contributed by atoms with Gasteiger partial charge in [-0.05, 0) is 37.3 Å². The SMILES string of the molecule is COc1ccc(Cl)cc1NC(=O)[C@H](C)Oc1ccccc1Cl. The van der Waals surface area contributed by atoms with Crippen molar-refractivity contribution < 1.29 is 14.3 Å². The average molecular weight is 340 g/mol. The van der Waals surface area contributed by atoms with E-state index in [1.165, 1.54) is 7.11 Å². The number of ether oxygens (including phenoxy) is 2. The van der Waals surface area contributed by atoms with E-state index in [-0.39, 0.29) is 5.91 Å². The van der Waals surface area contributed by atoms with Crippen molar-refractivity contribution in [3.63, 3.8) is 0 Å². The van der Waals surface area contributed by atoms with E-state index in [2.05, 4.69) is 5.32 Å². The number of carbonyl (C=O) groups is 1. The first-order chi connectivity index (χ1) is 10.5. The summed E-state index contributed by atoms with van der Waals surface area (Å²) in [7, 11) is 1.52. The van der Waals surface area contributed by atoms with Crippen molar-refractivity contribution in [2.75, 3.05) is 12.4 Å². The number of rotatable bonds is 5. The Hall–Kier alpha value is -1.91. The average Bonchev–Trinajstić information content (AvgIpc) is 2.49. The maximum absolute atomic E-state index is 12.2. The monoisotopic (exact) mass is 339 g/mol. The van der Waals surface area contributed by atoms with E-state index in [0.29, 0.717) is 27.2 Å². The van der Waals surface area contributed by atoms with E-state index < -0.39 is 6.10 Å². The van der Waals surface area contributed by atoms with Crippen LogP contribution in [0.25, 0.3) is 0 Å². The molecular weight excluding hydrogens is 325 g/mol. The third kappa shape index (κ3) is 4.06. The Morgan fingerprint density at radius 1 is 1.14 bits per heavy atom. The Morgan fingerprint density at radius 2 is 1.86 bits per heavy atom. The van der Waals surface area contributed by atoms with Gasteiger partial charge >= 0.3 is 0 Å². The third-order valence-corrected chi connectivity index (χ3v) is 3.48. The molecule has 2 rings (SSSR count). The van der Waals surface area contributed by atoms with Crippen LogP contribution in [0.1, 0.15) is 6.92 Å². The zero-order valence-electron chi connectivity index (χ0n) is 12.1. The Bertz CT molecular complexity index is 676. The smallest absolute Gasteiger partial charge is 0.265 e. The molecule has 0 unspecified atom stereocenters. The summed E-state index contributed by atoms with van der Waals surface area (Å²) >= 11 is 11.9. The van der Waals surface area contributed by atoms with E-state index in [4.69, 9.17) is 32.7 Å². The maximum atomic E-state index is 12.2. The normalized spacial score (nSPS) is 11.6. The third-order valence-electron chi connectivity index (χ3n) is 2.93. The van der Waals surface area contributed by atoms with E-state index in [9.17, 15) is 4.79 Å². The van der Waals surface area contributed by atoms with Crippen molar-refractivity contribution >= 4 is 34.8 Å². The summed E-state index contributed by atoms with van der Waals surface area (Å²) in [4.78, 5) is 12.2. The summed E-state index contributed by atoms with van der Waals surface area (Å²) in [6, 6.07) is 11.9.